The van der Waals surface area contributed by atoms with E-state index in [9.17, 15) is 19.5 Å². The van der Waals surface area contributed by atoms with Gasteiger partial charge in [-0.25, -0.2) is 10.3 Å². The predicted molar refractivity (Wildman–Crippen MR) is 118 cm³/mol. The van der Waals surface area contributed by atoms with Gasteiger partial charge in [-0.1, -0.05) is 35.9 Å². The number of nitrogens with one attached hydrogen (secondary N) is 2. The molecule has 0 aliphatic carbocycles. The van der Waals surface area contributed by atoms with E-state index in [1.54, 1.807) is 50.2 Å². The van der Waals surface area contributed by atoms with Gasteiger partial charge in [-0.3, -0.25) is 20.1 Å². The van der Waals surface area contributed by atoms with Crippen molar-refractivity contribution in [2.75, 3.05) is 5.32 Å². The number of amides is 2. The zero-order valence-corrected chi connectivity index (χ0v) is 18.8. The Morgan fingerprint density at radius 3 is 2.35 bits per heavy atom. The van der Waals surface area contributed by atoms with Gasteiger partial charge in [0, 0.05) is 32.8 Å². The molecule has 31 heavy (non-hydrogen) atoms. The topological polar surface area (TPSA) is 125 Å². The molecule has 4 N–H and O–H groups in total. The van der Waals surface area contributed by atoms with E-state index in [0.29, 0.717) is 21.3 Å². The number of ether oxygens (including phenoxy) is 1. The quantitative estimate of drug-likeness (QED) is 0.192. The van der Waals surface area contributed by atoms with Crippen LogP contribution < -0.4 is 10.8 Å². The van der Waals surface area contributed by atoms with Crippen molar-refractivity contribution in [1.29, 1.82) is 0 Å². The Labute approximate surface area is 188 Å². The first kappa shape index (κ1) is 24.1. The first-order chi connectivity index (χ1) is 14.5. The summed E-state index contributed by atoms with van der Waals surface area (Å²) in [6, 6.07) is 11.0. The van der Waals surface area contributed by atoms with Gasteiger partial charge in [0.25, 0.3) is 5.91 Å². The van der Waals surface area contributed by atoms with Crippen LogP contribution in [0.2, 0.25) is 0 Å². The maximum Gasteiger partial charge on any atom is 0.412 e. The molecule has 0 fully saturated rings. The number of aromatic hydroxyl groups is 1. The average molecular weight is 491 g/mol. The van der Waals surface area contributed by atoms with Crippen LogP contribution in [0.25, 0.3) is 0 Å². The Bertz CT molecular complexity index is 1000. The number of ketones is 1. The second-order valence-electron chi connectivity index (χ2n) is 7.38. The molecule has 0 heterocycles. The summed E-state index contributed by atoms with van der Waals surface area (Å²) in [6.07, 6.45) is 0.764. The van der Waals surface area contributed by atoms with Gasteiger partial charge < -0.3 is 9.84 Å². The van der Waals surface area contributed by atoms with E-state index in [0.717, 1.165) is 6.08 Å². The summed E-state index contributed by atoms with van der Waals surface area (Å²) >= 11 is 3.33. The summed E-state index contributed by atoms with van der Waals surface area (Å²) in [4.78, 5) is 35.4. The van der Waals surface area contributed by atoms with E-state index in [1.165, 1.54) is 24.5 Å². The fourth-order valence-electron chi connectivity index (χ4n) is 2.81. The van der Waals surface area contributed by atoms with Crippen molar-refractivity contribution in [2.45, 2.75) is 26.9 Å². The summed E-state index contributed by atoms with van der Waals surface area (Å²) < 4.78 is 6.30. The number of carbonyl (C=O) groups excluding carboxylic acids is 3. The number of hydroxylamine groups is 1. The van der Waals surface area contributed by atoms with E-state index < -0.39 is 23.5 Å². The highest BCUT2D eigenvalue weighted by atomic mass is 79.9. The molecule has 0 aromatic heterocycles. The zero-order valence-electron chi connectivity index (χ0n) is 17.2. The second kappa shape index (κ2) is 10.2. The van der Waals surface area contributed by atoms with Gasteiger partial charge in [0.1, 0.15) is 11.9 Å². The predicted octanol–water partition coefficient (Wildman–Crippen LogP) is 4.73. The maximum absolute atomic E-state index is 12.6. The van der Waals surface area contributed by atoms with Gasteiger partial charge in [0.05, 0.1) is 0 Å². The highest BCUT2D eigenvalue weighted by Gasteiger charge is 2.34. The Morgan fingerprint density at radius 2 is 1.77 bits per heavy atom. The van der Waals surface area contributed by atoms with Crippen molar-refractivity contribution in [2.24, 2.45) is 5.41 Å². The third-order valence-corrected chi connectivity index (χ3v) is 4.98. The van der Waals surface area contributed by atoms with Crippen LogP contribution >= 0.6 is 15.9 Å². The number of Topliss-reactive ketones (excluding diaryl/α,β-unsaturated/α-hetero) is 1. The molecule has 1 atom stereocenters. The molecule has 0 aliphatic heterocycles. The monoisotopic (exact) mass is 490 g/mol. The molecule has 0 spiro atoms. The first-order valence-corrected chi connectivity index (χ1v) is 10.0. The van der Waals surface area contributed by atoms with E-state index in [2.05, 4.69) is 21.2 Å². The van der Waals surface area contributed by atoms with Crippen molar-refractivity contribution >= 4 is 39.4 Å². The Hall–Kier alpha value is -3.17. The summed E-state index contributed by atoms with van der Waals surface area (Å²) in [5.74, 6) is -0.944. The van der Waals surface area contributed by atoms with Gasteiger partial charge >= 0.3 is 6.09 Å². The molecule has 9 heteroatoms. The van der Waals surface area contributed by atoms with Gasteiger partial charge in [-0.15, -0.1) is 0 Å². The molecular weight excluding hydrogens is 468 g/mol. The lowest BCUT2D eigenvalue weighted by atomic mass is 9.81. The molecule has 0 saturated heterocycles. The number of phenols is 1. The summed E-state index contributed by atoms with van der Waals surface area (Å²) in [5.41, 5.74) is 1.77. The van der Waals surface area contributed by atoms with Gasteiger partial charge in [0.15, 0.2) is 5.78 Å². The lowest BCUT2D eigenvalue weighted by Crippen LogP contribution is -2.28. The van der Waals surface area contributed by atoms with Crippen LogP contribution in [0.1, 0.15) is 42.8 Å². The fraction of sp³-hybridized carbons (Fsp3) is 0.227. The fourth-order valence-corrected chi connectivity index (χ4v) is 3.19. The number of halogens is 1. The van der Waals surface area contributed by atoms with E-state index in [-0.39, 0.29) is 11.5 Å². The molecular formula is C22H23BrN2O6. The van der Waals surface area contributed by atoms with Crippen molar-refractivity contribution in [3.63, 3.8) is 0 Å². The van der Waals surface area contributed by atoms with Crippen molar-refractivity contribution < 1.29 is 29.4 Å². The van der Waals surface area contributed by atoms with Gasteiger partial charge in [0.2, 0.25) is 0 Å². The SMILES string of the molecule is CC(=O)c1ccc(NC(=O)O[C@H](c2cc(Br)ccc2O)C(C)(C)/C=C/C(=O)NO)cc1. The first-order valence-electron chi connectivity index (χ1n) is 9.24. The van der Waals surface area contributed by atoms with E-state index in [4.69, 9.17) is 9.94 Å². The Balaban J connectivity index is 2.32. The highest BCUT2D eigenvalue weighted by Crippen LogP contribution is 2.42. The van der Waals surface area contributed by atoms with Crippen LogP contribution in [0.3, 0.4) is 0 Å². The maximum atomic E-state index is 12.6. The number of hydrogen-bond acceptors (Lipinski definition) is 6. The summed E-state index contributed by atoms with van der Waals surface area (Å²) in [7, 11) is 0. The second-order valence-corrected chi connectivity index (χ2v) is 8.29. The molecule has 0 unspecified atom stereocenters. The Morgan fingerprint density at radius 1 is 1.13 bits per heavy atom. The molecule has 0 aliphatic rings. The number of hydrogen-bond donors (Lipinski definition) is 4. The molecule has 8 nitrogen and oxygen atoms in total. The van der Waals surface area contributed by atoms with Crippen molar-refractivity contribution in [3.8, 4) is 5.75 Å². The normalized spacial score (nSPS) is 12.3. The molecule has 2 aromatic rings. The molecule has 2 amide bonds. The number of anilines is 1. The summed E-state index contributed by atoms with van der Waals surface area (Å²) in [5, 5.41) is 21.7. The minimum Gasteiger partial charge on any atom is -0.508 e. The lowest BCUT2D eigenvalue weighted by molar-refractivity contribution is -0.124. The van der Waals surface area contributed by atoms with E-state index >= 15 is 0 Å². The van der Waals surface area contributed by atoms with Crippen LogP contribution in [-0.4, -0.2) is 28.1 Å². The van der Waals surface area contributed by atoms with Crippen molar-refractivity contribution in [1.82, 2.24) is 5.48 Å². The molecule has 0 bridgehead atoms. The number of rotatable bonds is 7. The lowest BCUT2D eigenvalue weighted by Gasteiger charge is -2.32. The third-order valence-electron chi connectivity index (χ3n) is 4.48. The average Bonchev–Trinajstić information content (AvgIpc) is 2.72. The minimum absolute atomic E-state index is 0.0973. The standard InChI is InChI=1S/C22H23BrN2O6/c1-13(26)14-4-7-16(8-5-14)24-21(29)31-20(17-12-15(23)6-9-18(17)27)22(2,3)11-10-19(28)25-30/h4-12,20,27,30H,1-3H3,(H,24,29)(H,25,28)/b11-10+/t20-/m1/s1. The van der Waals surface area contributed by atoms with Gasteiger partial charge in [-0.2, -0.15) is 0 Å². The molecule has 0 saturated carbocycles. The van der Waals surface area contributed by atoms with E-state index in [1.807, 2.05) is 0 Å². The molecule has 2 rings (SSSR count). The van der Waals surface area contributed by atoms with Gasteiger partial charge in [-0.05, 0) is 49.4 Å². The smallest absolute Gasteiger partial charge is 0.412 e. The van der Waals surface area contributed by atoms with Crippen molar-refractivity contribution in [3.05, 3.63) is 70.2 Å². The van der Waals surface area contributed by atoms with Crippen LogP contribution in [0.15, 0.2) is 59.1 Å². The Kier molecular flexibility index (Phi) is 7.95. The van der Waals surface area contributed by atoms with Crippen LogP contribution in [-0.2, 0) is 9.53 Å². The number of carbonyl (C=O) groups is 3. The van der Waals surface area contributed by atoms with Crippen LogP contribution in [0.4, 0.5) is 10.5 Å². The highest BCUT2D eigenvalue weighted by molar-refractivity contribution is 9.10. The largest absolute Gasteiger partial charge is 0.508 e. The number of phenolic OH excluding ortho intramolecular Hbond substituents is 1. The number of benzene rings is 2. The molecule has 164 valence electrons. The summed E-state index contributed by atoms with van der Waals surface area (Å²) in [6.45, 7) is 4.85. The minimum atomic E-state index is -0.996. The third kappa shape index (κ3) is 6.66. The molecule has 2 aromatic carbocycles. The molecule has 0 radical (unpaired) electrons. The zero-order chi connectivity index (χ0) is 23.2. The van der Waals surface area contributed by atoms with Crippen LogP contribution in [0, 0.1) is 5.41 Å². The van der Waals surface area contributed by atoms with Crippen LogP contribution in [0.5, 0.6) is 5.75 Å².